The van der Waals surface area contributed by atoms with Crippen molar-refractivity contribution in [1.82, 2.24) is 16.0 Å². The van der Waals surface area contributed by atoms with Gasteiger partial charge in [0.2, 0.25) is 17.7 Å². The molecule has 248 valence electrons. The number of methoxy groups -OCH3 is 1. The zero-order valence-electron chi connectivity index (χ0n) is 27.2. The average Bonchev–Trinajstić information content (AvgIpc) is 3.82. The Morgan fingerprint density at radius 3 is 2.39 bits per heavy atom. The Kier molecular flexibility index (Phi) is 11.5. The van der Waals surface area contributed by atoms with Crippen molar-refractivity contribution in [3.63, 3.8) is 0 Å². The standard InChI is InChI=1S/C35H44ClN3O7/c1-20(2)29-33(42)45-26(21(3)30-31(46-30)23-11-8-7-9-12-23)13-10-14-28(40)38-25(18-22-15-16-27(44-6)24(36)17-22)32(41)37-19-35(4,5)34(43)39-29/h7-12,14-17,20-21,25-26,29-31H,13,18-19H2,1-6H3,(H,37,41)(H,38,40)(H,39,43)/b14-10+/t21-,25+,26-,29-,30+,31+/m0/s1. The highest BCUT2D eigenvalue weighted by Crippen LogP contribution is 2.45. The van der Waals surface area contributed by atoms with E-state index < -0.39 is 47.3 Å². The van der Waals surface area contributed by atoms with Crippen molar-refractivity contribution in [1.29, 1.82) is 0 Å². The average molecular weight is 654 g/mol. The fourth-order valence-electron chi connectivity index (χ4n) is 5.40. The summed E-state index contributed by atoms with van der Waals surface area (Å²) in [6.07, 6.45) is 2.37. The fourth-order valence-corrected chi connectivity index (χ4v) is 5.68. The summed E-state index contributed by atoms with van der Waals surface area (Å²) in [5, 5.41) is 8.81. The molecule has 0 radical (unpaired) electrons. The fraction of sp³-hybridized carbons (Fsp3) is 0.486. The highest BCUT2D eigenvalue weighted by molar-refractivity contribution is 6.32. The molecule has 1 saturated heterocycles. The van der Waals surface area contributed by atoms with Crippen LogP contribution in [0.5, 0.6) is 5.75 Å². The van der Waals surface area contributed by atoms with E-state index in [1.165, 1.54) is 13.2 Å². The summed E-state index contributed by atoms with van der Waals surface area (Å²) in [6.45, 7) is 8.91. The second-order valence-corrected chi connectivity index (χ2v) is 13.3. The van der Waals surface area contributed by atoms with E-state index in [1.54, 1.807) is 38.1 Å². The first-order valence-electron chi connectivity index (χ1n) is 15.6. The quantitative estimate of drug-likeness (QED) is 0.299. The predicted octanol–water partition coefficient (Wildman–Crippen LogP) is 4.31. The van der Waals surface area contributed by atoms with E-state index in [4.69, 9.17) is 25.8 Å². The molecule has 2 aromatic rings. The lowest BCUT2D eigenvalue weighted by molar-refractivity contribution is -0.157. The summed E-state index contributed by atoms with van der Waals surface area (Å²) >= 11 is 6.31. The number of carbonyl (C=O) groups is 4. The number of hydrogen-bond donors (Lipinski definition) is 3. The maximum absolute atomic E-state index is 13.5. The molecule has 1 fully saturated rings. The zero-order valence-corrected chi connectivity index (χ0v) is 27.9. The molecule has 0 aliphatic carbocycles. The Morgan fingerprint density at radius 1 is 1.02 bits per heavy atom. The first-order chi connectivity index (χ1) is 21.8. The van der Waals surface area contributed by atoms with Crippen LogP contribution in [0.2, 0.25) is 5.02 Å². The number of carbonyl (C=O) groups excluding carboxylic acids is 4. The van der Waals surface area contributed by atoms with Crippen molar-refractivity contribution < 1.29 is 33.4 Å². The van der Waals surface area contributed by atoms with Crippen LogP contribution >= 0.6 is 11.6 Å². The highest BCUT2D eigenvalue weighted by Gasteiger charge is 2.47. The Morgan fingerprint density at radius 2 is 1.74 bits per heavy atom. The van der Waals surface area contributed by atoms with Gasteiger partial charge in [0, 0.05) is 25.3 Å². The van der Waals surface area contributed by atoms with Crippen molar-refractivity contribution in [3.05, 3.63) is 76.8 Å². The molecule has 2 heterocycles. The van der Waals surface area contributed by atoms with E-state index in [2.05, 4.69) is 16.0 Å². The maximum atomic E-state index is 13.5. The van der Waals surface area contributed by atoms with E-state index >= 15 is 0 Å². The number of amides is 3. The summed E-state index contributed by atoms with van der Waals surface area (Å²) in [7, 11) is 1.51. The van der Waals surface area contributed by atoms with Crippen LogP contribution in [0.1, 0.15) is 58.3 Å². The summed E-state index contributed by atoms with van der Waals surface area (Å²) in [6, 6.07) is 13.1. The van der Waals surface area contributed by atoms with Gasteiger partial charge in [-0.3, -0.25) is 14.4 Å². The molecule has 4 rings (SSSR count). The van der Waals surface area contributed by atoms with E-state index in [0.29, 0.717) is 16.3 Å². The third-order valence-electron chi connectivity index (χ3n) is 8.48. The van der Waals surface area contributed by atoms with Crippen LogP contribution in [-0.4, -0.2) is 61.6 Å². The number of ether oxygens (including phenoxy) is 3. The van der Waals surface area contributed by atoms with Gasteiger partial charge in [0.25, 0.3) is 0 Å². The largest absolute Gasteiger partial charge is 0.495 e. The molecular formula is C35H44ClN3O7. The number of rotatable bonds is 7. The molecule has 2 aliphatic rings. The monoisotopic (exact) mass is 653 g/mol. The van der Waals surface area contributed by atoms with Crippen molar-refractivity contribution in [2.75, 3.05) is 13.7 Å². The first kappa shape index (κ1) is 35.0. The van der Waals surface area contributed by atoms with E-state index in [-0.39, 0.29) is 43.4 Å². The van der Waals surface area contributed by atoms with Crippen LogP contribution in [0.4, 0.5) is 0 Å². The topological polar surface area (TPSA) is 135 Å². The smallest absolute Gasteiger partial charge is 0.329 e. The molecule has 2 aliphatic heterocycles. The number of halogens is 1. The minimum Gasteiger partial charge on any atom is -0.495 e. The van der Waals surface area contributed by atoms with Gasteiger partial charge < -0.3 is 30.2 Å². The van der Waals surface area contributed by atoms with Crippen LogP contribution in [0.15, 0.2) is 60.7 Å². The molecule has 3 amide bonds. The summed E-state index contributed by atoms with van der Waals surface area (Å²) in [5.74, 6) is -1.95. The minimum atomic E-state index is -1.09. The van der Waals surface area contributed by atoms with Gasteiger partial charge in [-0.05, 0) is 49.1 Å². The Labute approximate surface area is 275 Å². The van der Waals surface area contributed by atoms with Gasteiger partial charge in [-0.2, -0.15) is 0 Å². The number of cyclic esters (lactones) is 1. The molecule has 0 saturated carbocycles. The third kappa shape index (κ3) is 8.88. The molecule has 0 spiro atoms. The zero-order chi connectivity index (χ0) is 33.6. The molecule has 46 heavy (non-hydrogen) atoms. The molecule has 0 aromatic heterocycles. The second kappa shape index (κ2) is 15.1. The molecule has 10 nitrogen and oxygen atoms in total. The van der Waals surface area contributed by atoms with E-state index in [0.717, 1.165) is 5.56 Å². The van der Waals surface area contributed by atoms with Gasteiger partial charge in [0.15, 0.2) is 0 Å². The van der Waals surface area contributed by atoms with Crippen molar-refractivity contribution in [2.45, 2.75) is 77.9 Å². The normalized spacial score (nSPS) is 27.1. The Bertz CT molecular complexity index is 1440. The predicted molar refractivity (Wildman–Crippen MR) is 174 cm³/mol. The number of epoxide rings is 1. The lowest BCUT2D eigenvalue weighted by Gasteiger charge is -2.31. The number of esters is 1. The molecule has 0 unspecified atom stereocenters. The van der Waals surface area contributed by atoms with Gasteiger partial charge >= 0.3 is 5.97 Å². The summed E-state index contributed by atoms with van der Waals surface area (Å²) in [5.41, 5.74) is 0.653. The van der Waals surface area contributed by atoms with E-state index in [1.807, 2.05) is 51.1 Å². The minimum absolute atomic E-state index is 0.0390. The highest BCUT2D eigenvalue weighted by atomic mass is 35.5. The second-order valence-electron chi connectivity index (χ2n) is 12.9. The van der Waals surface area contributed by atoms with E-state index in [9.17, 15) is 19.2 Å². The van der Waals surface area contributed by atoms with Gasteiger partial charge in [-0.25, -0.2) is 4.79 Å². The molecule has 3 N–H and O–H groups in total. The van der Waals surface area contributed by atoms with Gasteiger partial charge in [-0.1, -0.05) is 74.8 Å². The molecule has 6 atom stereocenters. The molecule has 11 heteroatoms. The third-order valence-corrected chi connectivity index (χ3v) is 8.77. The van der Waals surface area contributed by atoms with Gasteiger partial charge in [-0.15, -0.1) is 0 Å². The molecular weight excluding hydrogens is 610 g/mol. The van der Waals surface area contributed by atoms with Crippen LogP contribution in [0, 0.1) is 17.3 Å². The van der Waals surface area contributed by atoms with Crippen LogP contribution < -0.4 is 20.7 Å². The molecule has 0 bridgehead atoms. The van der Waals surface area contributed by atoms with Crippen molar-refractivity contribution >= 4 is 35.3 Å². The van der Waals surface area contributed by atoms with Crippen LogP contribution in [0.3, 0.4) is 0 Å². The lowest BCUT2D eigenvalue weighted by Crippen LogP contribution is -2.55. The SMILES string of the molecule is COc1ccc(C[C@H]2NC(=O)/C=C/C[C@@H]([C@H](C)[C@H]3O[C@@H]3c3ccccc3)OC(=O)[C@H](C(C)C)NC(=O)C(C)(C)CNC2=O)cc1Cl. The van der Waals surface area contributed by atoms with Crippen molar-refractivity contribution in [2.24, 2.45) is 17.3 Å². The Hall–Kier alpha value is -3.89. The number of nitrogens with one attached hydrogen (secondary N) is 3. The number of hydrogen-bond acceptors (Lipinski definition) is 7. The van der Waals surface area contributed by atoms with Crippen molar-refractivity contribution in [3.8, 4) is 5.75 Å². The van der Waals surface area contributed by atoms with Gasteiger partial charge in [0.05, 0.1) is 23.7 Å². The van der Waals surface area contributed by atoms with Crippen LogP contribution in [0.25, 0.3) is 0 Å². The summed E-state index contributed by atoms with van der Waals surface area (Å²) in [4.78, 5) is 53.5. The lowest BCUT2D eigenvalue weighted by atomic mass is 9.90. The first-order valence-corrected chi connectivity index (χ1v) is 16.0. The number of benzene rings is 2. The summed E-state index contributed by atoms with van der Waals surface area (Å²) < 4.78 is 17.3. The maximum Gasteiger partial charge on any atom is 0.329 e. The van der Waals surface area contributed by atoms with Crippen LogP contribution in [-0.2, 0) is 35.1 Å². The Balaban J connectivity index is 1.60. The van der Waals surface area contributed by atoms with Gasteiger partial charge in [0.1, 0.15) is 30.0 Å². The molecule has 2 aromatic carbocycles.